The third-order valence-electron chi connectivity index (χ3n) is 5.87. The summed E-state index contributed by atoms with van der Waals surface area (Å²) in [5.74, 6) is 0.0539. The van der Waals surface area contributed by atoms with Gasteiger partial charge in [-0.15, -0.1) is 0 Å². The molecule has 6 heteroatoms. The number of benzene rings is 2. The first-order chi connectivity index (χ1) is 14.1. The molecular formula is C23H29ClN4O. The molecule has 154 valence electrons. The fourth-order valence-corrected chi connectivity index (χ4v) is 4.37. The SMILES string of the molecule is Cc1cc(N2CCCC2)ccc1NC(=O)CN1CCN(c2cccc(Cl)c2)CC1. The van der Waals surface area contributed by atoms with Gasteiger partial charge in [0.1, 0.15) is 0 Å². The van der Waals surface area contributed by atoms with Gasteiger partial charge in [-0.1, -0.05) is 17.7 Å². The molecule has 29 heavy (non-hydrogen) atoms. The molecule has 2 aromatic rings. The molecule has 0 bridgehead atoms. The molecule has 5 nitrogen and oxygen atoms in total. The van der Waals surface area contributed by atoms with Crippen molar-refractivity contribution in [3.63, 3.8) is 0 Å². The summed E-state index contributed by atoms with van der Waals surface area (Å²) in [6.45, 7) is 8.29. The maximum atomic E-state index is 12.6. The molecule has 4 rings (SSSR count). The van der Waals surface area contributed by atoms with Gasteiger partial charge in [0.2, 0.25) is 5.91 Å². The van der Waals surface area contributed by atoms with Gasteiger partial charge in [0.25, 0.3) is 0 Å². The van der Waals surface area contributed by atoms with Crippen LogP contribution in [0.2, 0.25) is 5.02 Å². The molecule has 0 unspecified atom stereocenters. The molecule has 2 fully saturated rings. The molecule has 0 atom stereocenters. The topological polar surface area (TPSA) is 38.8 Å². The van der Waals surface area contributed by atoms with Crippen molar-refractivity contribution in [2.45, 2.75) is 19.8 Å². The number of nitrogens with zero attached hydrogens (tertiary/aromatic N) is 3. The number of nitrogens with one attached hydrogen (secondary N) is 1. The summed E-state index contributed by atoms with van der Waals surface area (Å²) in [4.78, 5) is 19.5. The fraction of sp³-hybridized carbons (Fsp3) is 0.435. The van der Waals surface area contributed by atoms with E-state index in [4.69, 9.17) is 11.6 Å². The van der Waals surface area contributed by atoms with Crippen molar-refractivity contribution < 1.29 is 4.79 Å². The van der Waals surface area contributed by atoms with Crippen LogP contribution in [-0.2, 0) is 4.79 Å². The number of aryl methyl sites for hydroxylation is 1. The zero-order valence-electron chi connectivity index (χ0n) is 17.0. The highest BCUT2D eigenvalue weighted by molar-refractivity contribution is 6.30. The number of hydrogen-bond donors (Lipinski definition) is 1. The second-order valence-corrected chi connectivity index (χ2v) is 8.42. The Labute approximate surface area is 178 Å². The Bertz CT molecular complexity index is 858. The molecular weight excluding hydrogens is 384 g/mol. The van der Waals surface area contributed by atoms with Crippen molar-refractivity contribution >= 4 is 34.6 Å². The van der Waals surface area contributed by atoms with Gasteiger partial charge >= 0.3 is 0 Å². The lowest BCUT2D eigenvalue weighted by Gasteiger charge is -2.35. The van der Waals surface area contributed by atoms with Gasteiger partial charge in [-0.25, -0.2) is 0 Å². The van der Waals surface area contributed by atoms with Crippen LogP contribution in [0.1, 0.15) is 18.4 Å². The van der Waals surface area contributed by atoms with Crippen LogP contribution in [0.5, 0.6) is 0 Å². The Morgan fingerprint density at radius 3 is 2.31 bits per heavy atom. The number of hydrogen-bond acceptors (Lipinski definition) is 4. The van der Waals surface area contributed by atoms with E-state index in [0.717, 1.165) is 61.2 Å². The standard InChI is InChI=1S/C23H29ClN4O/c1-18-15-21(27-9-2-3-10-27)7-8-22(18)25-23(29)17-26-11-13-28(14-12-26)20-6-4-5-19(24)16-20/h4-8,15-16H,2-3,9-14,17H2,1H3,(H,25,29). The van der Waals surface area contributed by atoms with Crippen molar-refractivity contribution in [1.82, 2.24) is 4.90 Å². The third-order valence-corrected chi connectivity index (χ3v) is 6.10. The van der Waals surface area contributed by atoms with Crippen LogP contribution in [0.4, 0.5) is 17.1 Å². The van der Waals surface area contributed by atoms with Gasteiger partial charge < -0.3 is 15.1 Å². The van der Waals surface area contributed by atoms with E-state index in [1.165, 1.54) is 18.5 Å². The first-order valence-corrected chi connectivity index (χ1v) is 10.8. The lowest BCUT2D eigenvalue weighted by atomic mass is 10.1. The Hall–Kier alpha value is -2.24. The van der Waals surface area contributed by atoms with Crippen LogP contribution in [0.25, 0.3) is 0 Å². The Morgan fingerprint density at radius 1 is 0.931 bits per heavy atom. The lowest BCUT2D eigenvalue weighted by molar-refractivity contribution is -0.117. The summed E-state index contributed by atoms with van der Waals surface area (Å²) in [7, 11) is 0. The van der Waals surface area contributed by atoms with Gasteiger partial charge in [0, 0.05) is 61.4 Å². The second-order valence-electron chi connectivity index (χ2n) is 7.98. The fourth-order valence-electron chi connectivity index (χ4n) is 4.19. The van der Waals surface area contributed by atoms with Gasteiger partial charge in [0.15, 0.2) is 0 Å². The number of amides is 1. The molecule has 2 aliphatic rings. The smallest absolute Gasteiger partial charge is 0.238 e. The highest BCUT2D eigenvalue weighted by atomic mass is 35.5. The molecule has 0 aromatic heterocycles. The predicted octanol–water partition coefficient (Wildman–Crippen LogP) is 4.01. The van der Waals surface area contributed by atoms with E-state index < -0.39 is 0 Å². The van der Waals surface area contributed by atoms with Gasteiger partial charge in [0.05, 0.1) is 6.54 Å². The second kappa shape index (κ2) is 9.06. The van der Waals surface area contributed by atoms with Crippen LogP contribution in [0.3, 0.4) is 0 Å². The van der Waals surface area contributed by atoms with Crippen LogP contribution >= 0.6 is 11.6 Å². The minimum Gasteiger partial charge on any atom is -0.372 e. The van der Waals surface area contributed by atoms with E-state index in [9.17, 15) is 4.79 Å². The van der Waals surface area contributed by atoms with Crippen LogP contribution < -0.4 is 15.1 Å². The molecule has 0 spiro atoms. The molecule has 0 saturated carbocycles. The highest BCUT2D eigenvalue weighted by Gasteiger charge is 2.20. The van der Waals surface area contributed by atoms with Gasteiger partial charge in [-0.2, -0.15) is 0 Å². The van der Waals surface area contributed by atoms with Gasteiger partial charge in [-0.05, 0) is 61.7 Å². The summed E-state index contributed by atoms with van der Waals surface area (Å²) < 4.78 is 0. The molecule has 0 radical (unpaired) electrons. The number of carbonyl (C=O) groups excluding carboxylic acids is 1. The number of halogens is 1. The minimum atomic E-state index is 0.0539. The quantitative estimate of drug-likeness (QED) is 0.805. The number of rotatable bonds is 5. The lowest BCUT2D eigenvalue weighted by Crippen LogP contribution is -2.48. The molecule has 2 aliphatic heterocycles. The average Bonchev–Trinajstić information content (AvgIpc) is 3.25. The minimum absolute atomic E-state index is 0.0539. The number of carbonyl (C=O) groups is 1. The zero-order valence-corrected chi connectivity index (χ0v) is 17.8. The Kier molecular flexibility index (Phi) is 6.26. The van der Waals surface area contributed by atoms with E-state index in [2.05, 4.69) is 45.1 Å². The summed E-state index contributed by atoms with van der Waals surface area (Å²) in [5.41, 5.74) is 4.44. The maximum absolute atomic E-state index is 12.6. The molecule has 2 saturated heterocycles. The largest absolute Gasteiger partial charge is 0.372 e. The van der Waals surface area contributed by atoms with Crippen molar-refractivity contribution in [2.75, 3.05) is 60.9 Å². The van der Waals surface area contributed by atoms with Crippen molar-refractivity contribution in [3.05, 3.63) is 53.1 Å². The number of anilines is 3. The average molecular weight is 413 g/mol. The Balaban J connectivity index is 1.28. The van der Waals surface area contributed by atoms with Crippen LogP contribution in [-0.4, -0.2) is 56.6 Å². The third kappa shape index (κ3) is 5.03. The monoisotopic (exact) mass is 412 g/mol. The molecule has 0 aliphatic carbocycles. The summed E-state index contributed by atoms with van der Waals surface area (Å²) in [6, 6.07) is 14.3. The highest BCUT2D eigenvalue weighted by Crippen LogP contribution is 2.25. The summed E-state index contributed by atoms with van der Waals surface area (Å²) in [6.07, 6.45) is 2.53. The number of piperazine rings is 1. The van der Waals surface area contributed by atoms with Gasteiger partial charge in [-0.3, -0.25) is 9.69 Å². The molecule has 2 aromatic carbocycles. The normalized spacial score (nSPS) is 17.6. The summed E-state index contributed by atoms with van der Waals surface area (Å²) in [5, 5.41) is 3.86. The van der Waals surface area contributed by atoms with E-state index in [1.807, 2.05) is 24.3 Å². The summed E-state index contributed by atoms with van der Waals surface area (Å²) >= 11 is 6.11. The first kappa shape index (κ1) is 20.0. The van der Waals surface area contributed by atoms with Crippen molar-refractivity contribution in [1.29, 1.82) is 0 Å². The molecule has 1 N–H and O–H groups in total. The molecule has 2 heterocycles. The maximum Gasteiger partial charge on any atom is 0.238 e. The van der Waals surface area contributed by atoms with Crippen molar-refractivity contribution in [2.24, 2.45) is 0 Å². The Morgan fingerprint density at radius 2 is 1.62 bits per heavy atom. The first-order valence-electron chi connectivity index (χ1n) is 10.5. The van der Waals surface area contributed by atoms with E-state index in [1.54, 1.807) is 0 Å². The van der Waals surface area contributed by atoms with Crippen LogP contribution in [0, 0.1) is 6.92 Å². The van der Waals surface area contributed by atoms with Crippen molar-refractivity contribution in [3.8, 4) is 0 Å². The van der Waals surface area contributed by atoms with Crippen LogP contribution in [0.15, 0.2) is 42.5 Å². The predicted molar refractivity (Wildman–Crippen MR) is 121 cm³/mol. The van der Waals surface area contributed by atoms with E-state index in [0.29, 0.717) is 6.54 Å². The zero-order chi connectivity index (χ0) is 20.2. The van der Waals surface area contributed by atoms with E-state index >= 15 is 0 Å². The molecule has 1 amide bonds. The van der Waals surface area contributed by atoms with E-state index in [-0.39, 0.29) is 5.91 Å².